The number of amides is 1. The lowest BCUT2D eigenvalue weighted by Gasteiger charge is -2.11. The highest BCUT2D eigenvalue weighted by molar-refractivity contribution is 6.03. The van der Waals surface area contributed by atoms with Crippen molar-refractivity contribution in [3.63, 3.8) is 0 Å². The summed E-state index contributed by atoms with van der Waals surface area (Å²) < 4.78 is 6.85. The van der Waals surface area contributed by atoms with Crippen molar-refractivity contribution in [2.24, 2.45) is 7.05 Å². The number of hydrogen-bond acceptors (Lipinski definition) is 8. The Bertz CT molecular complexity index is 1570. The van der Waals surface area contributed by atoms with Crippen molar-refractivity contribution in [3.8, 4) is 17.0 Å². The van der Waals surface area contributed by atoms with Crippen molar-refractivity contribution in [1.29, 1.82) is 0 Å². The monoisotopic (exact) mass is 506 g/mol. The molecule has 10 heteroatoms. The van der Waals surface area contributed by atoms with Crippen LogP contribution in [0.3, 0.4) is 0 Å². The molecule has 3 heterocycles. The maximum atomic E-state index is 13.0. The van der Waals surface area contributed by atoms with Gasteiger partial charge in [0.1, 0.15) is 34.7 Å². The van der Waals surface area contributed by atoms with Gasteiger partial charge in [-0.1, -0.05) is 18.2 Å². The molecule has 0 bridgehead atoms. The van der Waals surface area contributed by atoms with Crippen LogP contribution in [-0.4, -0.2) is 37.7 Å². The van der Waals surface area contributed by atoms with Gasteiger partial charge in [0.05, 0.1) is 12.8 Å². The van der Waals surface area contributed by atoms with Gasteiger partial charge >= 0.3 is 0 Å². The van der Waals surface area contributed by atoms with Crippen LogP contribution in [0, 0.1) is 6.92 Å². The van der Waals surface area contributed by atoms with Gasteiger partial charge in [0.25, 0.3) is 5.91 Å². The van der Waals surface area contributed by atoms with Crippen LogP contribution in [0.25, 0.3) is 11.3 Å². The number of aryl methyl sites for hydroxylation is 2. The summed E-state index contributed by atoms with van der Waals surface area (Å²) in [6, 6.07) is 24.1. The molecular formula is C28H26N8O2. The molecule has 0 saturated heterocycles. The topological polar surface area (TPSA) is 119 Å². The van der Waals surface area contributed by atoms with Gasteiger partial charge in [-0.25, -0.2) is 15.0 Å². The number of benzene rings is 2. The summed E-state index contributed by atoms with van der Waals surface area (Å²) in [5.74, 6) is 3.04. The van der Waals surface area contributed by atoms with Gasteiger partial charge < -0.3 is 20.7 Å². The van der Waals surface area contributed by atoms with E-state index in [1.807, 2.05) is 73.7 Å². The Labute approximate surface area is 219 Å². The van der Waals surface area contributed by atoms with E-state index >= 15 is 0 Å². The number of nitrogens with zero attached hydrogens (tertiary/aromatic N) is 5. The Morgan fingerprint density at radius 1 is 0.842 bits per heavy atom. The average Bonchev–Trinajstić information content (AvgIpc) is 3.32. The molecule has 38 heavy (non-hydrogen) atoms. The number of methoxy groups -OCH3 is 1. The van der Waals surface area contributed by atoms with Crippen LogP contribution in [0.4, 0.5) is 28.8 Å². The number of anilines is 5. The zero-order valence-electron chi connectivity index (χ0n) is 21.1. The van der Waals surface area contributed by atoms with Gasteiger partial charge in [-0.05, 0) is 61.5 Å². The summed E-state index contributed by atoms with van der Waals surface area (Å²) in [6.07, 6.45) is 1.71. The van der Waals surface area contributed by atoms with E-state index in [9.17, 15) is 4.79 Å². The van der Waals surface area contributed by atoms with Crippen molar-refractivity contribution in [2.75, 3.05) is 23.1 Å². The number of aromatic nitrogens is 5. The Morgan fingerprint density at radius 3 is 2.34 bits per heavy atom. The molecule has 5 aromatic rings. The molecule has 0 unspecified atom stereocenters. The van der Waals surface area contributed by atoms with Gasteiger partial charge in [-0.2, -0.15) is 5.10 Å². The third-order valence-electron chi connectivity index (χ3n) is 5.65. The highest BCUT2D eigenvalue weighted by atomic mass is 16.5. The molecule has 2 aromatic carbocycles. The van der Waals surface area contributed by atoms with Gasteiger partial charge in [0.15, 0.2) is 0 Å². The number of hydrogen-bond donors (Lipinski definition) is 3. The number of ether oxygens (including phenoxy) is 1. The summed E-state index contributed by atoms with van der Waals surface area (Å²) >= 11 is 0. The molecule has 3 N–H and O–H groups in total. The molecule has 0 spiro atoms. The summed E-state index contributed by atoms with van der Waals surface area (Å²) in [5.41, 5.74) is 3.46. The van der Waals surface area contributed by atoms with Gasteiger partial charge in [0, 0.05) is 36.2 Å². The van der Waals surface area contributed by atoms with Crippen LogP contribution >= 0.6 is 0 Å². The number of carbonyl (C=O) groups is 1. The maximum absolute atomic E-state index is 13.0. The molecule has 0 aliphatic heterocycles. The Morgan fingerprint density at radius 2 is 1.61 bits per heavy atom. The normalized spacial score (nSPS) is 10.6. The molecule has 0 aliphatic carbocycles. The Balaban J connectivity index is 1.25. The van der Waals surface area contributed by atoms with E-state index in [0.29, 0.717) is 40.4 Å². The fourth-order valence-corrected chi connectivity index (χ4v) is 3.85. The molecular weight excluding hydrogens is 480 g/mol. The van der Waals surface area contributed by atoms with E-state index in [4.69, 9.17) is 4.74 Å². The second-order valence-electron chi connectivity index (χ2n) is 8.45. The molecule has 0 radical (unpaired) electrons. The summed E-state index contributed by atoms with van der Waals surface area (Å²) in [7, 11) is 3.36. The van der Waals surface area contributed by atoms with Crippen LogP contribution < -0.4 is 20.7 Å². The van der Waals surface area contributed by atoms with E-state index in [1.54, 1.807) is 37.2 Å². The van der Waals surface area contributed by atoms with E-state index in [-0.39, 0.29) is 5.91 Å². The first-order valence-electron chi connectivity index (χ1n) is 11.9. The van der Waals surface area contributed by atoms with Crippen molar-refractivity contribution in [1.82, 2.24) is 24.7 Å². The van der Waals surface area contributed by atoms with Gasteiger partial charge in [-0.3, -0.25) is 9.48 Å². The fraction of sp³-hybridized carbons (Fsp3) is 0.107. The lowest BCUT2D eigenvalue weighted by molar-refractivity contribution is 0.101. The van der Waals surface area contributed by atoms with Gasteiger partial charge in [0.2, 0.25) is 0 Å². The van der Waals surface area contributed by atoms with Crippen LogP contribution in [0.15, 0.2) is 85.1 Å². The van der Waals surface area contributed by atoms with E-state index in [1.165, 1.54) is 0 Å². The summed E-state index contributed by atoms with van der Waals surface area (Å²) in [6.45, 7) is 1.82. The van der Waals surface area contributed by atoms with Crippen LogP contribution in [0.1, 0.15) is 16.3 Å². The minimum absolute atomic E-state index is 0.258. The third-order valence-corrected chi connectivity index (χ3v) is 5.65. The predicted octanol–water partition coefficient (Wildman–Crippen LogP) is 5.33. The highest BCUT2D eigenvalue weighted by Crippen LogP contribution is 2.25. The first-order chi connectivity index (χ1) is 18.5. The molecule has 10 nitrogen and oxygen atoms in total. The number of pyridine rings is 1. The highest BCUT2D eigenvalue weighted by Gasteiger charge is 2.15. The Kier molecular flexibility index (Phi) is 6.94. The minimum Gasteiger partial charge on any atom is -0.497 e. The maximum Gasteiger partial charge on any atom is 0.273 e. The largest absolute Gasteiger partial charge is 0.497 e. The van der Waals surface area contributed by atoms with Gasteiger partial charge in [-0.15, -0.1) is 0 Å². The fourth-order valence-electron chi connectivity index (χ4n) is 3.85. The van der Waals surface area contributed by atoms with Crippen molar-refractivity contribution >= 4 is 34.7 Å². The summed E-state index contributed by atoms with van der Waals surface area (Å²) in [4.78, 5) is 26.1. The molecule has 0 saturated carbocycles. The average molecular weight is 507 g/mol. The van der Waals surface area contributed by atoms with Crippen LogP contribution in [0.2, 0.25) is 0 Å². The molecule has 3 aromatic heterocycles. The number of nitrogens with one attached hydrogen (secondary N) is 3. The van der Waals surface area contributed by atoms with E-state index < -0.39 is 0 Å². The number of rotatable bonds is 8. The van der Waals surface area contributed by atoms with E-state index in [0.717, 1.165) is 17.0 Å². The lowest BCUT2D eigenvalue weighted by atomic mass is 10.1. The Hall–Kier alpha value is -5.25. The second-order valence-corrected chi connectivity index (χ2v) is 8.45. The molecule has 1 amide bonds. The quantitative estimate of drug-likeness (QED) is 0.258. The lowest BCUT2D eigenvalue weighted by Crippen LogP contribution is -2.16. The summed E-state index contributed by atoms with van der Waals surface area (Å²) in [5, 5.41) is 13.9. The van der Waals surface area contributed by atoms with Crippen LogP contribution in [-0.2, 0) is 7.05 Å². The minimum atomic E-state index is -0.258. The first-order valence-corrected chi connectivity index (χ1v) is 11.9. The van der Waals surface area contributed by atoms with E-state index in [2.05, 4.69) is 36.0 Å². The first kappa shape index (κ1) is 24.4. The standard InChI is InChI=1S/C28H26N8O2/c1-18-30-26(17-27(31-18)34-25-9-4-5-14-29-25)32-20-10-12-21(13-11-20)33-28(37)24-16-23(35-36(24)2)19-7-6-8-22(15-19)38-3/h4-17H,1-3H3,(H,33,37)(H2,29,30,31,32,34). The third kappa shape index (κ3) is 5.76. The zero-order valence-corrected chi connectivity index (χ0v) is 21.1. The SMILES string of the molecule is COc1cccc(-c2cc(C(=O)Nc3ccc(Nc4cc(Nc5ccccn5)nc(C)n4)cc3)n(C)n2)c1. The molecule has 0 atom stereocenters. The molecule has 5 rings (SSSR count). The predicted molar refractivity (Wildman–Crippen MR) is 147 cm³/mol. The zero-order chi connectivity index (χ0) is 26.5. The molecule has 0 fully saturated rings. The molecule has 190 valence electrons. The van der Waals surface area contributed by atoms with Crippen molar-refractivity contribution in [3.05, 3.63) is 96.6 Å². The second kappa shape index (κ2) is 10.8. The van der Waals surface area contributed by atoms with Crippen LogP contribution in [0.5, 0.6) is 5.75 Å². The molecule has 0 aliphatic rings. The van der Waals surface area contributed by atoms with Crippen molar-refractivity contribution < 1.29 is 9.53 Å². The smallest absolute Gasteiger partial charge is 0.273 e. The van der Waals surface area contributed by atoms with Crippen molar-refractivity contribution in [2.45, 2.75) is 6.92 Å². The number of carbonyl (C=O) groups excluding carboxylic acids is 1.